The summed E-state index contributed by atoms with van der Waals surface area (Å²) in [5, 5.41) is 7.35. The Labute approximate surface area is 191 Å². The molecule has 0 bridgehead atoms. The Morgan fingerprint density at radius 3 is 1.60 bits per heavy atom. The van der Waals surface area contributed by atoms with Crippen LogP contribution in [-0.2, 0) is 9.59 Å². The lowest BCUT2D eigenvalue weighted by Crippen LogP contribution is -2.25. The van der Waals surface area contributed by atoms with E-state index in [1.165, 1.54) is 12.4 Å². The van der Waals surface area contributed by atoms with Crippen molar-refractivity contribution in [3.63, 3.8) is 0 Å². The SMILES string of the molecule is Cc1ccc(OCC(=O)NN=CC=NNC(=O)COc2ccc(C)cc2Br)c(Br)c1. The Morgan fingerprint density at radius 1 is 0.833 bits per heavy atom. The van der Waals surface area contributed by atoms with Crippen molar-refractivity contribution in [2.24, 2.45) is 10.2 Å². The van der Waals surface area contributed by atoms with Gasteiger partial charge in [0.25, 0.3) is 11.8 Å². The summed E-state index contributed by atoms with van der Waals surface area (Å²) in [5.74, 6) is 0.245. The highest BCUT2D eigenvalue weighted by molar-refractivity contribution is 9.10. The lowest BCUT2D eigenvalue weighted by Gasteiger charge is -2.07. The van der Waals surface area contributed by atoms with Gasteiger partial charge in [-0.05, 0) is 81.1 Å². The summed E-state index contributed by atoms with van der Waals surface area (Å²) in [6.45, 7) is 3.52. The highest BCUT2D eigenvalue weighted by Gasteiger charge is 2.06. The summed E-state index contributed by atoms with van der Waals surface area (Å²) in [4.78, 5) is 23.4. The van der Waals surface area contributed by atoms with Crippen molar-refractivity contribution in [2.45, 2.75) is 13.8 Å². The zero-order valence-electron chi connectivity index (χ0n) is 16.3. The third kappa shape index (κ3) is 8.34. The molecule has 0 aromatic heterocycles. The molecule has 0 unspecified atom stereocenters. The predicted octanol–water partition coefficient (Wildman–Crippen LogP) is 3.49. The second kappa shape index (κ2) is 12.1. The molecule has 0 saturated heterocycles. The number of hydrazone groups is 2. The number of aryl methyl sites for hydroxylation is 2. The molecule has 2 aromatic carbocycles. The number of ether oxygens (including phenoxy) is 2. The molecular weight excluding hydrogens is 520 g/mol. The summed E-state index contributed by atoms with van der Waals surface area (Å²) >= 11 is 6.74. The van der Waals surface area contributed by atoms with Gasteiger partial charge in [-0.1, -0.05) is 12.1 Å². The van der Waals surface area contributed by atoms with Gasteiger partial charge in [0.2, 0.25) is 0 Å². The van der Waals surface area contributed by atoms with E-state index in [0.29, 0.717) is 11.5 Å². The number of hydrogen-bond acceptors (Lipinski definition) is 6. The Kier molecular flexibility index (Phi) is 9.49. The van der Waals surface area contributed by atoms with Crippen LogP contribution in [-0.4, -0.2) is 37.5 Å². The fraction of sp³-hybridized carbons (Fsp3) is 0.200. The van der Waals surface area contributed by atoms with Crippen LogP contribution >= 0.6 is 31.9 Å². The lowest BCUT2D eigenvalue weighted by atomic mass is 10.2. The highest BCUT2D eigenvalue weighted by atomic mass is 79.9. The van der Waals surface area contributed by atoms with Crippen LogP contribution in [0.25, 0.3) is 0 Å². The first-order valence-electron chi connectivity index (χ1n) is 8.75. The average molecular weight is 540 g/mol. The number of carbonyl (C=O) groups is 2. The van der Waals surface area contributed by atoms with Crippen molar-refractivity contribution in [1.29, 1.82) is 0 Å². The number of nitrogens with one attached hydrogen (secondary N) is 2. The molecule has 2 amide bonds. The minimum atomic E-state index is -0.437. The van der Waals surface area contributed by atoms with Crippen molar-refractivity contribution < 1.29 is 19.1 Å². The molecule has 0 atom stereocenters. The molecule has 0 fully saturated rings. The topological polar surface area (TPSA) is 101 Å². The molecule has 0 radical (unpaired) electrons. The summed E-state index contributed by atoms with van der Waals surface area (Å²) < 4.78 is 12.3. The van der Waals surface area contributed by atoms with Gasteiger partial charge in [0.05, 0.1) is 21.4 Å². The van der Waals surface area contributed by atoms with Crippen LogP contribution in [0.3, 0.4) is 0 Å². The molecule has 10 heteroatoms. The molecule has 0 aliphatic rings. The standard InChI is InChI=1S/C20H20Br2N4O4/c1-13-3-5-17(15(21)9-13)29-11-19(27)25-23-7-8-24-26-20(28)12-30-18-6-4-14(2)10-16(18)22/h3-10H,11-12H2,1-2H3,(H,25,27)(H,26,28). The lowest BCUT2D eigenvalue weighted by molar-refractivity contribution is -0.123. The monoisotopic (exact) mass is 538 g/mol. The van der Waals surface area contributed by atoms with Crippen molar-refractivity contribution in [3.05, 3.63) is 56.5 Å². The fourth-order valence-corrected chi connectivity index (χ4v) is 3.30. The van der Waals surface area contributed by atoms with Gasteiger partial charge in [-0.2, -0.15) is 10.2 Å². The van der Waals surface area contributed by atoms with Crippen LogP contribution in [0.15, 0.2) is 55.5 Å². The highest BCUT2D eigenvalue weighted by Crippen LogP contribution is 2.26. The zero-order valence-corrected chi connectivity index (χ0v) is 19.5. The summed E-state index contributed by atoms with van der Waals surface area (Å²) in [5.41, 5.74) is 6.72. The molecule has 2 rings (SSSR count). The average Bonchev–Trinajstić information content (AvgIpc) is 2.69. The Balaban J connectivity index is 1.64. The van der Waals surface area contributed by atoms with Crippen LogP contribution in [0.5, 0.6) is 11.5 Å². The normalized spacial score (nSPS) is 10.9. The van der Waals surface area contributed by atoms with Gasteiger partial charge >= 0.3 is 0 Å². The number of nitrogens with zero attached hydrogens (tertiary/aromatic N) is 2. The van der Waals surface area contributed by atoms with Crippen molar-refractivity contribution in [3.8, 4) is 11.5 Å². The quantitative estimate of drug-likeness (QED) is 0.376. The van der Waals surface area contributed by atoms with Crippen LogP contribution in [0, 0.1) is 13.8 Å². The number of carbonyl (C=O) groups excluding carboxylic acids is 2. The van der Waals surface area contributed by atoms with E-state index in [-0.39, 0.29) is 13.2 Å². The molecule has 0 aliphatic heterocycles. The molecule has 0 saturated carbocycles. The maximum absolute atomic E-state index is 11.7. The number of rotatable bonds is 9. The minimum Gasteiger partial charge on any atom is -0.483 e. The molecule has 158 valence electrons. The maximum atomic E-state index is 11.7. The molecular formula is C20H20Br2N4O4. The summed E-state index contributed by atoms with van der Waals surface area (Å²) in [7, 11) is 0. The van der Waals surface area contributed by atoms with Crippen LogP contribution in [0.1, 0.15) is 11.1 Å². The maximum Gasteiger partial charge on any atom is 0.277 e. The first-order chi connectivity index (χ1) is 14.3. The Hall–Kier alpha value is -2.72. The van der Waals surface area contributed by atoms with Gasteiger partial charge in [-0.25, -0.2) is 10.9 Å². The molecule has 0 aliphatic carbocycles. The summed E-state index contributed by atoms with van der Waals surface area (Å²) in [6.07, 6.45) is 2.44. The molecule has 0 spiro atoms. The second-order valence-corrected chi connectivity index (χ2v) is 7.78. The first-order valence-corrected chi connectivity index (χ1v) is 10.3. The number of amides is 2. The number of halogens is 2. The van der Waals surface area contributed by atoms with Crippen LogP contribution < -0.4 is 20.3 Å². The molecule has 0 heterocycles. The van der Waals surface area contributed by atoms with Gasteiger partial charge in [0.1, 0.15) is 11.5 Å². The van der Waals surface area contributed by atoms with Gasteiger partial charge < -0.3 is 9.47 Å². The van der Waals surface area contributed by atoms with E-state index in [9.17, 15) is 9.59 Å². The first kappa shape index (κ1) is 23.6. The van der Waals surface area contributed by atoms with Crippen molar-refractivity contribution in [1.82, 2.24) is 10.9 Å². The number of hydrogen-bond donors (Lipinski definition) is 2. The van der Waals surface area contributed by atoms with Crippen molar-refractivity contribution in [2.75, 3.05) is 13.2 Å². The van der Waals surface area contributed by atoms with Gasteiger partial charge in [0.15, 0.2) is 13.2 Å². The zero-order chi connectivity index (χ0) is 21.9. The minimum absolute atomic E-state index is 0.196. The number of benzene rings is 2. The molecule has 2 N–H and O–H groups in total. The predicted molar refractivity (Wildman–Crippen MR) is 122 cm³/mol. The van der Waals surface area contributed by atoms with E-state index in [1.54, 1.807) is 12.1 Å². The molecule has 30 heavy (non-hydrogen) atoms. The van der Waals surface area contributed by atoms with Gasteiger partial charge in [0, 0.05) is 0 Å². The molecule has 2 aromatic rings. The van der Waals surface area contributed by atoms with Crippen LogP contribution in [0.4, 0.5) is 0 Å². The molecule has 8 nitrogen and oxygen atoms in total. The van der Waals surface area contributed by atoms with Crippen LogP contribution in [0.2, 0.25) is 0 Å². The smallest absolute Gasteiger partial charge is 0.277 e. The third-order valence-corrected chi connectivity index (χ3v) is 4.73. The van der Waals surface area contributed by atoms with Gasteiger partial charge in [-0.15, -0.1) is 0 Å². The fourth-order valence-electron chi connectivity index (χ4n) is 2.08. The van der Waals surface area contributed by atoms with E-state index >= 15 is 0 Å². The largest absolute Gasteiger partial charge is 0.483 e. The van der Waals surface area contributed by atoms with E-state index < -0.39 is 11.8 Å². The van der Waals surface area contributed by atoms with E-state index in [0.717, 1.165) is 20.1 Å². The Morgan fingerprint density at radius 2 is 1.23 bits per heavy atom. The van der Waals surface area contributed by atoms with Gasteiger partial charge in [-0.3, -0.25) is 9.59 Å². The van der Waals surface area contributed by atoms with E-state index in [4.69, 9.17) is 9.47 Å². The summed E-state index contributed by atoms with van der Waals surface area (Å²) in [6, 6.07) is 11.1. The van der Waals surface area contributed by atoms with Crippen molar-refractivity contribution >= 4 is 56.1 Å². The van der Waals surface area contributed by atoms with E-state index in [2.05, 4.69) is 52.9 Å². The third-order valence-electron chi connectivity index (χ3n) is 3.49. The second-order valence-electron chi connectivity index (χ2n) is 6.07. The van der Waals surface area contributed by atoms with E-state index in [1.807, 2.05) is 38.1 Å². The Bertz CT molecular complexity index is 886.